The van der Waals surface area contributed by atoms with Gasteiger partial charge in [-0.05, 0) is 31.9 Å². The van der Waals surface area contributed by atoms with Crippen LogP contribution in [0.25, 0.3) is 0 Å². The third-order valence-electron chi connectivity index (χ3n) is 3.88. The molecule has 6 nitrogen and oxygen atoms in total. The Morgan fingerprint density at radius 1 is 1.42 bits per heavy atom. The van der Waals surface area contributed by atoms with Crippen LogP contribution in [0.2, 0.25) is 0 Å². The number of anilines is 1. The topological polar surface area (TPSA) is 77.5 Å². The molecule has 1 aliphatic rings. The maximum absolute atomic E-state index is 12.5. The zero-order valence-corrected chi connectivity index (χ0v) is 13.3. The Bertz CT molecular complexity index is 543. The van der Waals surface area contributed by atoms with Gasteiger partial charge in [-0.15, -0.1) is 0 Å². The van der Waals surface area contributed by atoms with E-state index in [0.29, 0.717) is 31.7 Å². The Kier molecular flexibility index (Phi) is 5.87. The average molecular weight is 346 g/mol. The van der Waals surface area contributed by atoms with Crippen LogP contribution in [0.1, 0.15) is 25.3 Å². The molecule has 0 saturated carbocycles. The maximum atomic E-state index is 12.5. The number of piperidine rings is 1. The number of hydrogen-bond donors (Lipinski definition) is 3. The largest absolute Gasteiger partial charge is 0.417 e. The molecular weight excluding hydrogens is 325 g/mol. The van der Waals surface area contributed by atoms with Gasteiger partial charge in [-0.3, -0.25) is 0 Å². The van der Waals surface area contributed by atoms with Gasteiger partial charge in [-0.2, -0.15) is 13.2 Å². The summed E-state index contributed by atoms with van der Waals surface area (Å²) in [6.45, 7) is 2.75. The first kappa shape index (κ1) is 18.3. The fraction of sp³-hybridized carbons (Fsp3) is 0.600. The van der Waals surface area contributed by atoms with Crippen molar-refractivity contribution in [2.75, 3.05) is 24.6 Å². The minimum absolute atomic E-state index is 0.0124. The molecule has 2 rings (SSSR count). The Morgan fingerprint density at radius 2 is 2.08 bits per heavy atom. The fourth-order valence-electron chi connectivity index (χ4n) is 2.49. The van der Waals surface area contributed by atoms with Crippen molar-refractivity contribution in [3.05, 3.63) is 23.9 Å². The number of urea groups is 1. The molecule has 1 aromatic rings. The lowest BCUT2D eigenvalue weighted by molar-refractivity contribution is -0.137. The maximum Gasteiger partial charge on any atom is 0.417 e. The molecule has 1 aromatic heterocycles. The van der Waals surface area contributed by atoms with Gasteiger partial charge >= 0.3 is 12.2 Å². The molecular formula is C15H21F3N4O2. The van der Waals surface area contributed by atoms with Crippen LogP contribution in [0.4, 0.5) is 23.8 Å². The number of aliphatic hydroxyl groups excluding tert-OH is 1. The van der Waals surface area contributed by atoms with Gasteiger partial charge in [-0.25, -0.2) is 9.78 Å². The molecule has 1 fully saturated rings. The molecule has 0 aromatic carbocycles. The highest BCUT2D eigenvalue weighted by molar-refractivity contribution is 5.74. The molecule has 1 saturated heterocycles. The second kappa shape index (κ2) is 7.69. The Hall–Kier alpha value is -2.03. The van der Waals surface area contributed by atoms with E-state index in [1.165, 1.54) is 6.07 Å². The van der Waals surface area contributed by atoms with Crippen molar-refractivity contribution < 1.29 is 23.1 Å². The zero-order valence-electron chi connectivity index (χ0n) is 13.3. The summed E-state index contributed by atoms with van der Waals surface area (Å²) in [7, 11) is 0. The van der Waals surface area contributed by atoms with Crippen LogP contribution in [0.5, 0.6) is 0 Å². The van der Waals surface area contributed by atoms with Gasteiger partial charge in [0.15, 0.2) is 0 Å². The van der Waals surface area contributed by atoms with E-state index in [-0.39, 0.29) is 24.7 Å². The van der Waals surface area contributed by atoms with E-state index < -0.39 is 11.7 Å². The number of pyridine rings is 1. The SMILES string of the molecule is CC(CO)NC(=O)NC1CCN(c2ccc(C(F)(F)F)cn2)CC1. The van der Waals surface area contributed by atoms with E-state index in [1.54, 1.807) is 6.92 Å². The van der Waals surface area contributed by atoms with Crippen molar-refractivity contribution in [2.24, 2.45) is 0 Å². The third kappa shape index (κ3) is 4.98. The second-order valence-corrected chi connectivity index (χ2v) is 5.87. The number of rotatable bonds is 4. The number of hydrogen-bond acceptors (Lipinski definition) is 4. The molecule has 0 bridgehead atoms. The molecule has 2 heterocycles. The number of aromatic nitrogens is 1. The predicted molar refractivity (Wildman–Crippen MR) is 82.7 cm³/mol. The van der Waals surface area contributed by atoms with Gasteiger partial charge in [0, 0.05) is 25.3 Å². The highest BCUT2D eigenvalue weighted by atomic mass is 19.4. The molecule has 0 spiro atoms. The lowest BCUT2D eigenvalue weighted by atomic mass is 10.1. The number of nitrogens with one attached hydrogen (secondary N) is 2. The summed E-state index contributed by atoms with van der Waals surface area (Å²) in [6.07, 6.45) is -2.21. The van der Waals surface area contributed by atoms with Gasteiger partial charge in [0.05, 0.1) is 18.2 Å². The monoisotopic (exact) mass is 346 g/mol. The van der Waals surface area contributed by atoms with Crippen LogP contribution in [0.15, 0.2) is 18.3 Å². The molecule has 134 valence electrons. The van der Waals surface area contributed by atoms with E-state index in [2.05, 4.69) is 15.6 Å². The van der Waals surface area contributed by atoms with E-state index in [1.807, 2.05) is 4.90 Å². The molecule has 24 heavy (non-hydrogen) atoms. The van der Waals surface area contributed by atoms with E-state index in [4.69, 9.17) is 5.11 Å². The standard InChI is InChI=1S/C15H21F3N4O2/c1-10(9-23)20-14(24)21-12-4-6-22(7-5-12)13-3-2-11(8-19-13)15(16,17)18/h2-3,8,10,12,23H,4-7,9H2,1H3,(H2,20,21,24). The van der Waals surface area contributed by atoms with E-state index >= 15 is 0 Å². The summed E-state index contributed by atoms with van der Waals surface area (Å²) in [4.78, 5) is 17.5. The molecule has 0 aliphatic carbocycles. The molecule has 3 N–H and O–H groups in total. The summed E-state index contributed by atoms with van der Waals surface area (Å²) in [5, 5.41) is 14.3. The van der Waals surface area contributed by atoms with E-state index in [9.17, 15) is 18.0 Å². The minimum atomic E-state index is -4.39. The van der Waals surface area contributed by atoms with Crippen molar-refractivity contribution in [3.8, 4) is 0 Å². The summed E-state index contributed by atoms with van der Waals surface area (Å²) >= 11 is 0. The van der Waals surface area contributed by atoms with Crippen molar-refractivity contribution in [1.29, 1.82) is 0 Å². The normalized spacial score (nSPS) is 17.5. The summed E-state index contributed by atoms with van der Waals surface area (Å²) < 4.78 is 37.6. The number of alkyl halides is 3. The smallest absolute Gasteiger partial charge is 0.394 e. The number of carbonyl (C=O) groups excluding carboxylic acids is 1. The average Bonchev–Trinajstić information content (AvgIpc) is 2.54. The van der Waals surface area contributed by atoms with E-state index in [0.717, 1.165) is 12.3 Å². The first-order valence-electron chi connectivity index (χ1n) is 7.75. The van der Waals surface area contributed by atoms with Gasteiger partial charge in [0.1, 0.15) is 5.82 Å². The third-order valence-corrected chi connectivity index (χ3v) is 3.88. The van der Waals surface area contributed by atoms with Crippen LogP contribution < -0.4 is 15.5 Å². The van der Waals surface area contributed by atoms with Crippen LogP contribution in [0.3, 0.4) is 0 Å². The van der Waals surface area contributed by atoms with Crippen molar-refractivity contribution in [3.63, 3.8) is 0 Å². The molecule has 1 atom stereocenters. The molecule has 1 unspecified atom stereocenters. The Morgan fingerprint density at radius 3 is 2.58 bits per heavy atom. The minimum Gasteiger partial charge on any atom is -0.394 e. The molecule has 9 heteroatoms. The number of nitrogens with zero attached hydrogens (tertiary/aromatic N) is 2. The van der Waals surface area contributed by atoms with Gasteiger partial charge in [-0.1, -0.05) is 0 Å². The quantitative estimate of drug-likeness (QED) is 0.776. The first-order chi connectivity index (χ1) is 11.3. The Balaban J connectivity index is 1.83. The van der Waals surface area contributed by atoms with Crippen molar-refractivity contribution in [2.45, 2.75) is 38.0 Å². The number of aliphatic hydroxyl groups is 1. The summed E-state index contributed by atoms with van der Waals surface area (Å²) in [5.41, 5.74) is -0.766. The summed E-state index contributed by atoms with van der Waals surface area (Å²) in [6, 6.07) is 1.73. The van der Waals surface area contributed by atoms with Crippen molar-refractivity contribution in [1.82, 2.24) is 15.6 Å². The number of carbonyl (C=O) groups is 1. The van der Waals surface area contributed by atoms with Crippen LogP contribution in [0, 0.1) is 0 Å². The summed E-state index contributed by atoms with van der Waals surface area (Å²) in [5.74, 6) is 0.500. The lowest BCUT2D eigenvalue weighted by Crippen LogP contribution is -2.50. The van der Waals surface area contributed by atoms with Crippen LogP contribution >= 0.6 is 0 Å². The Labute approximate surface area is 138 Å². The molecule has 2 amide bonds. The highest BCUT2D eigenvalue weighted by Crippen LogP contribution is 2.29. The highest BCUT2D eigenvalue weighted by Gasteiger charge is 2.31. The van der Waals surface area contributed by atoms with Gasteiger partial charge < -0.3 is 20.6 Å². The van der Waals surface area contributed by atoms with Crippen LogP contribution in [-0.2, 0) is 6.18 Å². The zero-order chi connectivity index (χ0) is 17.7. The van der Waals surface area contributed by atoms with Gasteiger partial charge in [0.2, 0.25) is 0 Å². The first-order valence-corrected chi connectivity index (χ1v) is 7.75. The predicted octanol–water partition coefficient (Wildman–Crippen LogP) is 1.75. The van der Waals surface area contributed by atoms with Gasteiger partial charge in [0.25, 0.3) is 0 Å². The fourth-order valence-corrected chi connectivity index (χ4v) is 2.49. The number of amides is 2. The van der Waals surface area contributed by atoms with Crippen LogP contribution in [-0.4, -0.2) is 47.9 Å². The van der Waals surface area contributed by atoms with Crippen molar-refractivity contribution >= 4 is 11.8 Å². The lowest BCUT2D eigenvalue weighted by Gasteiger charge is -2.33. The molecule has 1 aliphatic heterocycles. The molecule has 0 radical (unpaired) electrons. The second-order valence-electron chi connectivity index (χ2n) is 5.87. The number of halogens is 3.